The van der Waals surface area contributed by atoms with Crippen molar-refractivity contribution in [2.24, 2.45) is 0 Å². The van der Waals surface area contributed by atoms with Crippen molar-refractivity contribution in [1.82, 2.24) is 9.88 Å². The lowest BCUT2D eigenvalue weighted by atomic mass is 10.2. The van der Waals surface area contributed by atoms with E-state index in [0.717, 1.165) is 5.56 Å². The van der Waals surface area contributed by atoms with E-state index in [2.05, 4.69) is 4.98 Å². The SMILES string of the molecule is O=C(c1cscn1)N(CCO)Cc1ccc(Cl)c(Cl)c1. The van der Waals surface area contributed by atoms with Crippen LogP contribution in [0.15, 0.2) is 29.1 Å². The Hall–Kier alpha value is -1.14. The number of halogens is 2. The molecule has 106 valence electrons. The van der Waals surface area contributed by atoms with Crippen LogP contribution in [-0.4, -0.2) is 34.0 Å². The molecule has 0 spiro atoms. The quantitative estimate of drug-likeness (QED) is 0.916. The summed E-state index contributed by atoms with van der Waals surface area (Å²) in [5, 5.41) is 11.7. The predicted octanol–water partition coefficient (Wildman–Crippen LogP) is 3.08. The molecule has 1 aromatic heterocycles. The number of hydrogen-bond acceptors (Lipinski definition) is 4. The third-order valence-electron chi connectivity index (χ3n) is 2.67. The van der Waals surface area contributed by atoms with E-state index in [-0.39, 0.29) is 19.1 Å². The second-order valence-corrected chi connectivity index (χ2v) is 5.61. The molecule has 1 heterocycles. The number of rotatable bonds is 5. The largest absolute Gasteiger partial charge is 0.395 e. The van der Waals surface area contributed by atoms with Crippen molar-refractivity contribution in [2.45, 2.75) is 6.54 Å². The monoisotopic (exact) mass is 330 g/mol. The summed E-state index contributed by atoms with van der Waals surface area (Å²) in [5.41, 5.74) is 2.82. The van der Waals surface area contributed by atoms with Crippen LogP contribution in [0.1, 0.15) is 16.1 Å². The van der Waals surface area contributed by atoms with Gasteiger partial charge in [0.05, 0.1) is 22.2 Å². The van der Waals surface area contributed by atoms with Gasteiger partial charge in [-0.3, -0.25) is 4.79 Å². The van der Waals surface area contributed by atoms with Gasteiger partial charge in [-0.1, -0.05) is 29.3 Å². The standard InChI is InChI=1S/C13H12Cl2N2O2S/c14-10-2-1-9(5-11(10)15)6-17(3-4-18)13(19)12-7-20-8-16-12/h1-2,5,7-8,18H,3-4,6H2. The highest BCUT2D eigenvalue weighted by Gasteiger charge is 2.17. The molecule has 1 amide bonds. The lowest BCUT2D eigenvalue weighted by Crippen LogP contribution is -2.33. The molecular formula is C13H12Cl2N2O2S. The smallest absolute Gasteiger partial charge is 0.273 e. The molecule has 0 fully saturated rings. The van der Waals surface area contributed by atoms with E-state index in [1.54, 1.807) is 29.1 Å². The maximum Gasteiger partial charge on any atom is 0.273 e. The fourth-order valence-corrected chi connectivity index (χ4v) is 2.56. The van der Waals surface area contributed by atoms with E-state index in [4.69, 9.17) is 28.3 Å². The van der Waals surface area contributed by atoms with E-state index in [1.165, 1.54) is 16.2 Å². The van der Waals surface area contributed by atoms with Crippen molar-refractivity contribution in [3.63, 3.8) is 0 Å². The van der Waals surface area contributed by atoms with Gasteiger partial charge in [-0.25, -0.2) is 4.98 Å². The fourth-order valence-electron chi connectivity index (χ4n) is 1.71. The van der Waals surface area contributed by atoms with Crippen molar-refractivity contribution in [3.8, 4) is 0 Å². The summed E-state index contributed by atoms with van der Waals surface area (Å²) in [7, 11) is 0. The molecule has 0 atom stereocenters. The minimum atomic E-state index is -0.216. The summed E-state index contributed by atoms with van der Waals surface area (Å²) in [5.74, 6) is -0.216. The van der Waals surface area contributed by atoms with Crippen molar-refractivity contribution in [2.75, 3.05) is 13.2 Å². The zero-order valence-corrected chi connectivity index (χ0v) is 12.8. The van der Waals surface area contributed by atoms with Gasteiger partial charge in [0, 0.05) is 18.5 Å². The van der Waals surface area contributed by atoms with Crippen molar-refractivity contribution in [3.05, 3.63) is 50.4 Å². The van der Waals surface area contributed by atoms with Crippen LogP contribution in [0, 0.1) is 0 Å². The predicted molar refractivity (Wildman–Crippen MR) is 80.4 cm³/mol. The Morgan fingerprint density at radius 1 is 1.35 bits per heavy atom. The first-order valence-corrected chi connectivity index (χ1v) is 7.54. The normalized spacial score (nSPS) is 10.6. The van der Waals surface area contributed by atoms with Gasteiger partial charge in [-0.2, -0.15) is 0 Å². The minimum Gasteiger partial charge on any atom is -0.395 e. The first-order chi connectivity index (χ1) is 9.61. The van der Waals surface area contributed by atoms with E-state index >= 15 is 0 Å². The van der Waals surface area contributed by atoms with Crippen molar-refractivity contribution in [1.29, 1.82) is 0 Å². The van der Waals surface area contributed by atoms with Crippen LogP contribution in [0.2, 0.25) is 10.0 Å². The van der Waals surface area contributed by atoms with Gasteiger partial charge in [-0.15, -0.1) is 11.3 Å². The Morgan fingerprint density at radius 2 is 2.15 bits per heavy atom. The van der Waals surface area contributed by atoms with E-state index in [9.17, 15) is 4.79 Å². The Labute approximate surface area is 130 Å². The van der Waals surface area contributed by atoms with Gasteiger partial charge in [0.25, 0.3) is 5.91 Å². The van der Waals surface area contributed by atoms with Gasteiger partial charge in [0.15, 0.2) is 0 Å². The molecule has 7 heteroatoms. The number of amides is 1. The summed E-state index contributed by atoms with van der Waals surface area (Å²) in [6.45, 7) is 0.460. The molecule has 0 aliphatic carbocycles. The number of nitrogens with zero attached hydrogens (tertiary/aromatic N) is 2. The number of aromatic nitrogens is 1. The molecule has 0 aliphatic heterocycles. The molecule has 1 N–H and O–H groups in total. The van der Waals surface area contributed by atoms with Crippen LogP contribution >= 0.6 is 34.5 Å². The Bertz CT molecular complexity index is 590. The van der Waals surface area contributed by atoms with E-state index in [1.807, 2.05) is 0 Å². The molecule has 0 bridgehead atoms. The number of benzene rings is 1. The molecule has 0 aliphatic rings. The number of carbonyl (C=O) groups is 1. The van der Waals surface area contributed by atoms with Crippen LogP contribution < -0.4 is 0 Å². The topological polar surface area (TPSA) is 53.4 Å². The van der Waals surface area contributed by atoms with Crippen LogP contribution in [0.3, 0.4) is 0 Å². The Morgan fingerprint density at radius 3 is 2.75 bits per heavy atom. The zero-order valence-electron chi connectivity index (χ0n) is 10.4. The van der Waals surface area contributed by atoms with Crippen molar-refractivity contribution >= 4 is 40.4 Å². The second kappa shape index (κ2) is 7.04. The number of hydrogen-bond donors (Lipinski definition) is 1. The molecule has 1 aromatic carbocycles. The molecule has 0 saturated carbocycles. The van der Waals surface area contributed by atoms with Gasteiger partial charge in [0.2, 0.25) is 0 Å². The van der Waals surface area contributed by atoms with E-state index < -0.39 is 0 Å². The minimum absolute atomic E-state index is 0.114. The molecule has 20 heavy (non-hydrogen) atoms. The van der Waals surface area contributed by atoms with Gasteiger partial charge < -0.3 is 10.0 Å². The van der Waals surface area contributed by atoms with Crippen LogP contribution in [-0.2, 0) is 6.54 Å². The highest BCUT2D eigenvalue weighted by atomic mass is 35.5. The Balaban J connectivity index is 2.16. The first-order valence-electron chi connectivity index (χ1n) is 5.84. The van der Waals surface area contributed by atoms with Gasteiger partial charge in [-0.05, 0) is 17.7 Å². The third kappa shape index (κ3) is 3.70. The second-order valence-electron chi connectivity index (χ2n) is 4.07. The highest BCUT2D eigenvalue weighted by Crippen LogP contribution is 2.23. The van der Waals surface area contributed by atoms with E-state index in [0.29, 0.717) is 22.3 Å². The summed E-state index contributed by atoms with van der Waals surface area (Å²) in [6, 6.07) is 5.19. The maximum absolute atomic E-state index is 12.3. The maximum atomic E-state index is 12.3. The summed E-state index contributed by atoms with van der Waals surface area (Å²) in [4.78, 5) is 17.8. The lowest BCUT2D eigenvalue weighted by Gasteiger charge is -2.21. The molecule has 2 rings (SSSR count). The molecule has 4 nitrogen and oxygen atoms in total. The average Bonchev–Trinajstić information content (AvgIpc) is 2.95. The zero-order chi connectivity index (χ0) is 14.5. The van der Waals surface area contributed by atoms with Crippen LogP contribution in [0.4, 0.5) is 0 Å². The number of carbonyl (C=O) groups excluding carboxylic acids is 1. The summed E-state index contributed by atoms with van der Waals surface area (Å²) >= 11 is 13.2. The van der Waals surface area contributed by atoms with Gasteiger partial charge in [0.1, 0.15) is 5.69 Å². The fraction of sp³-hybridized carbons (Fsp3) is 0.231. The number of aliphatic hydroxyl groups is 1. The van der Waals surface area contributed by atoms with Crippen LogP contribution in [0.25, 0.3) is 0 Å². The lowest BCUT2D eigenvalue weighted by molar-refractivity contribution is 0.0703. The molecule has 0 saturated heterocycles. The number of thiazole rings is 1. The third-order valence-corrected chi connectivity index (χ3v) is 3.99. The first kappa shape index (κ1) is 15.3. The molecular weight excluding hydrogens is 319 g/mol. The van der Waals surface area contributed by atoms with Crippen LogP contribution in [0.5, 0.6) is 0 Å². The molecule has 0 unspecified atom stereocenters. The summed E-state index contributed by atoms with van der Waals surface area (Å²) < 4.78 is 0. The average molecular weight is 331 g/mol. The highest BCUT2D eigenvalue weighted by molar-refractivity contribution is 7.07. The van der Waals surface area contributed by atoms with Crippen molar-refractivity contribution < 1.29 is 9.90 Å². The van der Waals surface area contributed by atoms with Gasteiger partial charge >= 0.3 is 0 Å². The molecule has 2 aromatic rings. The molecule has 0 radical (unpaired) electrons. The number of aliphatic hydroxyl groups excluding tert-OH is 1. The summed E-state index contributed by atoms with van der Waals surface area (Å²) in [6.07, 6.45) is 0. The Kier molecular flexibility index (Phi) is 5.37.